The summed E-state index contributed by atoms with van der Waals surface area (Å²) in [7, 11) is 0. The molecule has 0 heterocycles. The smallest absolute Gasteiger partial charge is 0.187 e. The van der Waals surface area contributed by atoms with Gasteiger partial charge in [-0.25, -0.2) is 0 Å². The van der Waals surface area contributed by atoms with Gasteiger partial charge < -0.3 is 5.32 Å². The number of benzene rings is 1. The monoisotopic (exact) mass is 353 g/mol. The highest BCUT2D eigenvalue weighted by molar-refractivity contribution is 7.80. The molecule has 5 rings (SSSR count). The van der Waals surface area contributed by atoms with Crippen molar-refractivity contribution < 1.29 is 0 Å². The lowest BCUT2D eigenvalue weighted by Crippen LogP contribution is -2.61. The van der Waals surface area contributed by atoms with Gasteiger partial charge >= 0.3 is 0 Å². The fourth-order valence-electron chi connectivity index (χ4n) is 5.57. The molecule has 1 aromatic carbocycles. The first-order valence-corrected chi connectivity index (χ1v) is 9.86. The minimum absolute atomic E-state index is 0.239. The van der Waals surface area contributed by atoms with E-state index in [0.29, 0.717) is 5.11 Å². The number of allylic oxidation sites excluding steroid dienone is 1. The van der Waals surface area contributed by atoms with Gasteiger partial charge in [-0.3, -0.25) is 5.43 Å². The highest BCUT2D eigenvalue weighted by atomic mass is 32.1. The van der Waals surface area contributed by atoms with E-state index < -0.39 is 0 Å². The van der Waals surface area contributed by atoms with E-state index in [-0.39, 0.29) is 5.54 Å². The summed E-state index contributed by atoms with van der Waals surface area (Å²) in [4.78, 5) is 0. The van der Waals surface area contributed by atoms with Gasteiger partial charge in [0.1, 0.15) is 0 Å². The molecule has 2 N–H and O–H groups in total. The van der Waals surface area contributed by atoms with Crippen molar-refractivity contribution in [3.05, 3.63) is 41.5 Å². The lowest BCUT2D eigenvalue weighted by Gasteiger charge is -2.57. The Balaban J connectivity index is 1.31. The zero-order valence-electron chi connectivity index (χ0n) is 14.9. The molecule has 4 heteroatoms. The quantitative estimate of drug-likeness (QED) is 0.475. The summed E-state index contributed by atoms with van der Waals surface area (Å²) in [6.07, 6.45) is 12.2. The number of hydrogen-bond donors (Lipinski definition) is 2. The second kappa shape index (κ2) is 6.91. The average Bonchev–Trinajstić information content (AvgIpc) is 2.53. The van der Waals surface area contributed by atoms with Crippen LogP contribution in [0.1, 0.15) is 51.0 Å². The number of hydrogen-bond acceptors (Lipinski definition) is 2. The summed E-state index contributed by atoms with van der Waals surface area (Å²) >= 11 is 5.52. The van der Waals surface area contributed by atoms with Crippen LogP contribution in [-0.4, -0.2) is 16.9 Å². The summed E-state index contributed by atoms with van der Waals surface area (Å²) in [6, 6.07) is 10.3. The Bertz CT molecular complexity index is 657. The number of rotatable bonds is 4. The van der Waals surface area contributed by atoms with Gasteiger partial charge in [0.25, 0.3) is 0 Å². The van der Waals surface area contributed by atoms with E-state index in [0.717, 1.165) is 23.3 Å². The summed E-state index contributed by atoms with van der Waals surface area (Å²) in [5, 5.41) is 8.63. The molecule has 0 atom stereocenters. The van der Waals surface area contributed by atoms with E-state index >= 15 is 0 Å². The number of hydrazone groups is 1. The number of nitrogens with zero attached hydrogens (tertiary/aromatic N) is 1. The second-order valence-corrected chi connectivity index (χ2v) is 8.73. The first kappa shape index (κ1) is 16.8. The summed E-state index contributed by atoms with van der Waals surface area (Å²) in [5.74, 6) is 2.75. The molecule has 0 amide bonds. The molecule has 25 heavy (non-hydrogen) atoms. The Morgan fingerprint density at radius 2 is 1.68 bits per heavy atom. The minimum atomic E-state index is 0.239. The van der Waals surface area contributed by atoms with Crippen molar-refractivity contribution in [3.8, 4) is 0 Å². The van der Waals surface area contributed by atoms with Crippen molar-refractivity contribution in [2.45, 2.75) is 51.0 Å². The molecule has 4 aliphatic rings. The summed E-state index contributed by atoms with van der Waals surface area (Å²) in [5.41, 5.74) is 5.54. The first-order chi connectivity index (χ1) is 12.1. The number of thiocarbonyl (C=S) groups is 1. The van der Waals surface area contributed by atoms with E-state index in [1.54, 1.807) is 0 Å². The zero-order valence-corrected chi connectivity index (χ0v) is 15.7. The summed E-state index contributed by atoms with van der Waals surface area (Å²) in [6.45, 7) is 2.05. The molecule has 0 radical (unpaired) electrons. The van der Waals surface area contributed by atoms with Crippen LogP contribution >= 0.6 is 12.2 Å². The summed E-state index contributed by atoms with van der Waals surface area (Å²) < 4.78 is 0. The third kappa shape index (κ3) is 3.95. The molecule has 0 spiro atoms. The van der Waals surface area contributed by atoms with Crippen LogP contribution in [0.4, 0.5) is 0 Å². The predicted octanol–water partition coefficient (Wildman–Crippen LogP) is 4.51. The Hall–Kier alpha value is -1.68. The zero-order chi connectivity index (χ0) is 17.3. The Labute approximate surface area is 156 Å². The molecule has 4 bridgehead atoms. The molecular weight excluding hydrogens is 326 g/mol. The van der Waals surface area contributed by atoms with Gasteiger partial charge in [-0.2, -0.15) is 5.10 Å². The van der Waals surface area contributed by atoms with Gasteiger partial charge in [-0.1, -0.05) is 36.4 Å². The van der Waals surface area contributed by atoms with Crippen molar-refractivity contribution in [1.29, 1.82) is 0 Å². The van der Waals surface area contributed by atoms with Crippen molar-refractivity contribution in [3.63, 3.8) is 0 Å². The van der Waals surface area contributed by atoms with Crippen LogP contribution < -0.4 is 10.7 Å². The largest absolute Gasteiger partial charge is 0.356 e. The van der Waals surface area contributed by atoms with Crippen molar-refractivity contribution in [1.82, 2.24) is 10.7 Å². The number of nitrogens with one attached hydrogen (secondary N) is 2. The molecule has 0 aliphatic heterocycles. The molecule has 132 valence electrons. The SMILES string of the molecule is CC(=Cc1ccccc1)/C=N/NC(=S)NC12CC3CC(CC(C3)C1)C2. The Morgan fingerprint density at radius 3 is 2.28 bits per heavy atom. The van der Waals surface area contributed by atoms with Gasteiger partial charge in [-0.15, -0.1) is 0 Å². The van der Waals surface area contributed by atoms with E-state index in [4.69, 9.17) is 12.2 Å². The van der Waals surface area contributed by atoms with Gasteiger partial charge in [0.05, 0.1) is 6.21 Å². The highest BCUT2D eigenvalue weighted by Gasteiger charge is 2.51. The molecule has 4 aliphatic carbocycles. The van der Waals surface area contributed by atoms with E-state index in [1.807, 2.05) is 31.3 Å². The van der Waals surface area contributed by atoms with Crippen LogP contribution in [0, 0.1) is 17.8 Å². The lowest BCUT2D eigenvalue weighted by molar-refractivity contribution is -0.0101. The normalized spacial score (nSPS) is 33.6. The van der Waals surface area contributed by atoms with E-state index in [9.17, 15) is 0 Å². The maximum Gasteiger partial charge on any atom is 0.187 e. The third-order valence-corrected chi connectivity index (χ3v) is 6.24. The molecule has 1 aromatic rings. The standard InChI is InChI=1S/C21H27N3S/c1-15(7-16-5-3-2-4-6-16)14-22-24-20(25)23-21-11-17-8-18(12-21)10-19(9-17)13-21/h2-7,14,17-19H,8-13H2,1H3,(H2,23,24,25)/b15-7?,22-14+. The highest BCUT2D eigenvalue weighted by Crippen LogP contribution is 2.55. The van der Waals surface area contributed by atoms with Gasteiger partial charge in [0.2, 0.25) is 0 Å². The van der Waals surface area contributed by atoms with Crippen LogP contribution in [0.2, 0.25) is 0 Å². The molecule has 0 unspecified atom stereocenters. The molecule has 4 fully saturated rings. The minimum Gasteiger partial charge on any atom is -0.356 e. The molecule has 4 saturated carbocycles. The van der Waals surface area contributed by atoms with Crippen LogP contribution in [0.3, 0.4) is 0 Å². The molecule has 3 nitrogen and oxygen atoms in total. The maximum absolute atomic E-state index is 5.52. The maximum atomic E-state index is 5.52. The van der Waals surface area contributed by atoms with E-state index in [2.05, 4.69) is 34.1 Å². The van der Waals surface area contributed by atoms with Gasteiger partial charge in [-0.05, 0) is 86.6 Å². The predicted molar refractivity (Wildman–Crippen MR) is 108 cm³/mol. The van der Waals surface area contributed by atoms with E-state index in [1.165, 1.54) is 44.1 Å². The lowest BCUT2D eigenvalue weighted by atomic mass is 9.53. The Morgan fingerprint density at radius 1 is 1.08 bits per heavy atom. The van der Waals surface area contributed by atoms with Crippen LogP contribution in [0.25, 0.3) is 6.08 Å². The van der Waals surface area contributed by atoms with Crippen LogP contribution in [0.5, 0.6) is 0 Å². The molecular formula is C21H27N3S. The van der Waals surface area contributed by atoms with Crippen LogP contribution in [-0.2, 0) is 0 Å². The Kier molecular flexibility index (Phi) is 4.63. The molecule has 0 saturated heterocycles. The fourth-order valence-corrected chi connectivity index (χ4v) is 5.84. The topological polar surface area (TPSA) is 36.4 Å². The first-order valence-electron chi connectivity index (χ1n) is 9.45. The second-order valence-electron chi connectivity index (χ2n) is 8.32. The van der Waals surface area contributed by atoms with Crippen molar-refractivity contribution in [2.75, 3.05) is 0 Å². The van der Waals surface area contributed by atoms with Crippen molar-refractivity contribution >= 4 is 29.6 Å². The van der Waals surface area contributed by atoms with Crippen molar-refractivity contribution in [2.24, 2.45) is 22.9 Å². The average molecular weight is 354 g/mol. The fraction of sp³-hybridized carbons (Fsp3) is 0.524. The molecule has 0 aromatic heterocycles. The third-order valence-electron chi connectivity index (χ3n) is 6.05. The van der Waals surface area contributed by atoms with Gasteiger partial charge in [0, 0.05) is 5.54 Å². The van der Waals surface area contributed by atoms with Gasteiger partial charge in [0.15, 0.2) is 5.11 Å². The van der Waals surface area contributed by atoms with Crippen LogP contribution in [0.15, 0.2) is 41.0 Å².